The van der Waals surface area contributed by atoms with E-state index in [1.165, 1.54) is 25.7 Å². The molecule has 0 bridgehead atoms. The third-order valence-corrected chi connectivity index (χ3v) is 4.92. The van der Waals surface area contributed by atoms with E-state index in [4.69, 9.17) is 18.0 Å². The van der Waals surface area contributed by atoms with Crippen LogP contribution in [0.15, 0.2) is 0 Å². The van der Waals surface area contributed by atoms with Crippen molar-refractivity contribution in [2.45, 2.75) is 58.9 Å². The van der Waals surface area contributed by atoms with Crippen LogP contribution >= 0.6 is 12.2 Å². The molecule has 2 nitrogen and oxygen atoms in total. The third kappa shape index (κ3) is 4.55. The Morgan fingerprint density at radius 3 is 2.29 bits per heavy atom. The van der Waals surface area contributed by atoms with Crippen molar-refractivity contribution < 1.29 is 0 Å². The van der Waals surface area contributed by atoms with E-state index < -0.39 is 0 Å². The van der Waals surface area contributed by atoms with Crippen LogP contribution < -0.4 is 5.73 Å². The van der Waals surface area contributed by atoms with E-state index >= 15 is 0 Å². The fourth-order valence-corrected chi connectivity index (χ4v) is 2.55. The van der Waals surface area contributed by atoms with Gasteiger partial charge in [-0.3, -0.25) is 0 Å². The van der Waals surface area contributed by atoms with Gasteiger partial charge in [-0.2, -0.15) is 0 Å². The largest absolute Gasteiger partial charge is 0.393 e. The van der Waals surface area contributed by atoms with Gasteiger partial charge in [-0.1, -0.05) is 33.0 Å². The fourth-order valence-electron chi connectivity index (χ4n) is 2.44. The molecule has 0 heterocycles. The fraction of sp³-hybridized carbons (Fsp3) is 0.929. The van der Waals surface area contributed by atoms with Crippen LogP contribution in [-0.2, 0) is 0 Å². The molecule has 100 valence electrons. The topological polar surface area (TPSA) is 29.3 Å². The van der Waals surface area contributed by atoms with Gasteiger partial charge in [-0.05, 0) is 51.6 Å². The summed E-state index contributed by atoms with van der Waals surface area (Å²) in [5.41, 5.74) is 5.76. The van der Waals surface area contributed by atoms with Crippen LogP contribution in [0.2, 0.25) is 0 Å². The maximum Gasteiger partial charge on any atom is 0.0784 e. The van der Waals surface area contributed by atoms with Crippen molar-refractivity contribution in [3.05, 3.63) is 0 Å². The van der Waals surface area contributed by atoms with E-state index in [1.807, 2.05) is 0 Å². The molecule has 0 aromatic carbocycles. The Hall–Kier alpha value is -0.150. The lowest BCUT2D eigenvalue weighted by molar-refractivity contribution is 0.159. The van der Waals surface area contributed by atoms with Crippen molar-refractivity contribution in [3.8, 4) is 0 Å². The second-order valence-corrected chi connectivity index (χ2v) is 6.83. The number of nitrogens with two attached hydrogens (primary N) is 1. The van der Waals surface area contributed by atoms with Crippen molar-refractivity contribution in [2.75, 3.05) is 13.6 Å². The Bertz CT molecular complexity index is 255. The first-order valence-corrected chi connectivity index (χ1v) is 7.24. The Kier molecular flexibility index (Phi) is 5.39. The van der Waals surface area contributed by atoms with Gasteiger partial charge in [0.1, 0.15) is 0 Å². The zero-order chi connectivity index (χ0) is 13.1. The highest BCUT2D eigenvalue weighted by molar-refractivity contribution is 7.80. The summed E-state index contributed by atoms with van der Waals surface area (Å²) in [5, 5.41) is 0. The summed E-state index contributed by atoms with van der Waals surface area (Å²) in [6, 6.07) is 0.772. The van der Waals surface area contributed by atoms with Crippen LogP contribution in [0.4, 0.5) is 0 Å². The van der Waals surface area contributed by atoms with Gasteiger partial charge in [-0.25, -0.2) is 0 Å². The normalized spacial score (nSPS) is 26.2. The predicted octanol–water partition coefficient (Wildman–Crippen LogP) is 3.20. The van der Waals surface area contributed by atoms with E-state index in [2.05, 4.69) is 32.7 Å². The first-order chi connectivity index (χ1) is 7.83. The molecule has 3 heteroatoms. The molecule has 0 atom stereocenters. The van der Waals surface area contributed by atoms with Crippen LogP contribution in [-0.4, -0.2) is 29.5 Å². The molecule has 0 aliphatic heterocycles. The third-order valence-electron chi connectivity index (χ3n) is 4.37. The van der Waals surface area contributed by atoms with Gasteiger partial charge in [0.15, 0.2) is 0 Å². The second-order valence-electron chi connectivity index (χ2n) is 6.39. The lowest BCUT2D eigenvalue weighted by Crippen LogP contribution is -2.39. The highest BCUT2D eigenvalue weighted by Gasteiger charge is 2.25. The van der Waals surface area contributed by atoms with Gasteiger partial charge in [0.25, 0.3) is 0 Å². The van der Waals surface area contributed by atoms with E-state index in [0.29, 0.717) is 4.99 Å². The summed E-state index contributed by atoms with van der Waals surface area (Å²) < 4.78 is 0. The Morgan fingerprint density at radius 2 is 1.82 bits per heavy atom. The number of nitrogens with zero attached hydrogens (tertiary/aromatic N) is 1. The maximum absolute atomic E-state index is 5.77. The molecule has 1 fully saturated rings. The molecule has 0 spiro atoms. The van der Waals surface area contributed by atoms with Gasteiger partial charge in [0.05, 0.1) is 4.99 Å². The monoisotopic (exact) mass is 256 g/mol. The smallest absolute Gasteiger partial charge is 0.0784 e. The van der Waals surface area contributed by atoms with Crippen molar-refractivity contribution >= 4 is 17.2 Å². The summed E-state index contributed by atoms with van der Waals surface area (Å²) in [5.74, 6) is 0.924. The SMILES string of the molecule is CC1CCC(N(C)CCC(C)(C)C(N)=S)CC1. The molecule has 1 aliphatic carbocycles. The molecule has 1 saturated carbocycles. The molecule has 17 heavy (non-hydrogen) atoms. The van der Waals surface area contributed by atoms with Crippen LogP contribution in [0.25, 0.3) is 0 Å². The lowest BCUT2D eigenvalue weighted by Gasteiger charge is -2.35. The molecule has 0 aromatic heterocycles. The van der Waals surface area contributed by atoms with E-state index in [9.17, 15) is 0 Å². The number of thiocarbonyl (C=S) groups is 1. The van der Waals surface area contributed by atoms with Crippen LogP contribution in [0.3, 0.4) is 0 Å². The predicted molar refractivity (Wildman–Crippen MR) is 79.2 cm³/mol. The van der Waals surface area contributed by atoms with E-state index in [0.717, 1.165) is 24.9 Å². The van der Waals surface area contributed by atoms with E-state index in [-0.39, 0.29) is 5.41 Å². The summed E-state index contributed by atoms with van der Waals surface area (Å²) in [6.07, 6.45) is 6.53. The van der Waals surface area contributed by atoms with E-state index in [1.54, 1.807) is 0 Å². The summed E-state index contributed by atoms with van der Waals surface area (Å²) in [7, 11) is 2.25. The number of hydrogen-bond acceptors (Lipinski definition) is 2. The zero-order valence-corrected chi connectivity index (χ0v) is 12.6. The first kappa shape index (κ1) is 14.9. The van der Waals surface area contributed by atoms with Crippen LogP contribution in [0, 0.1) is 11.3 Å². The average molecular weight is 256 g/mol. The Balaban J connectivity index is 2.34. The molecule has 0 radical (unpaired) electrons. The maximum atomic E-state index is 5.77. The summed E-state index contributed by atoms with van der Waals surface area (Å²) in [6.45, 7) is 7.76. The minimum absolute atomic E-state index is 0.00838. The first-order valence-electron chi connectivity index (χ1n) is 6.83. The minimum atomic E-state index is -0.00838. The average Bonchev–Trinajstić information content (AvgIpc) is 2.27. The van der Waals surface area contributed by atoms with Gasteiger partial charge >= 0.3 is 0 Å². The quantitative estimate of drug-likeness (QED) is 0.766. The summed E-state index contributed by atoms with van der Waals surface area (Å²) >= 11 is 5.11. The van der Waals surface area contributed by atoms with Crippen molar-refractivity contribution in [1.29, 1.82) is 0 Å². The Labute approximate surface area is 112 Å². The van der Waals surface area contributed by atoms with Gasteiger partial charge in [0, 0.05) is 11.5 Å². The molecule has 2 N–H and O–H groups in total. The highest BCUT2D eigenvalue weighted by atomic mass is 32.1. The van der Waals surface area contributed by atoms with Crippen LogP contribution in [0.5, 0.6) is 0 Å². The van der Waals surface area contributed by atoms with Crippen molar-refractivity contribution in [1.82, 2.24) is 4.90 Å². The molecular formula is C14H28N2S. The molecule has 0 amide bonds. The molecule has 1 aliphatic rings. The summed E-state index contributed by atoms with van der Waals surface area (Å²) in [4.78, 5) is 3.15. The van der Waals surface area contributed by atoms with Gasteiger partial charge in [0.2, 0.25) is 0 Å². The zero-order valence-electron chi connectivity index (χ0n) is 11.8. The van der Waals surface area contributed by atoms with Gasteiger partial charge in [-0.15, -0.1) is 0 Å². The molecule has 0 aromatic rings. The molecular weight excluding hydrogens is 228 g/mol. The molecule has 0 saturated heterocycles. The lowest BCUT2D eigenvalue weighted by atomic mass is 9.85. The van der Waals surface area contributed by atoms with Crippen molar-refractivity contribution in [3.63, 3.8) is 0 Å². The Morgan fingerprint density at radius 1 is 1.29 bits per heavy atom. The van der Waals surface area contributed by atoms with Crippen LogP contribution in [0.1, 0.15) is 52.9 Å². The minimum Gasteiger partial charge on any atom is -0.393 e. The number of hydrogen-bond donors (Lipinski definition) is 1. The van der Waals surface area contributed by atoms with Gasteiger partial charge < -0.3 is 10.6 Å². The standard InChI is InChI=1S/C14H28N2S/c1-11-5-7-12(8-6-11)16(4)10-9-14(2,3)13(15)17/h11-12H,5-10H2,1-4H3,(H2,15,17). The molecule has 1 rings (SSSR count). The molecule has 0 unspecified atom stereocenters. The highest BCUT2D eigenvalue weighted by Crippen LogP contribution is 2.28. The second kappa shape index (κ2) is 6.14. The van der Waals surface area contributed by atoms with Crippen molar-refractivity contribution in [2.24, 2.45) is 17.1 Å². The number of rotatable bonds is 5.